The fourth-order valence-corrected chi connectivity index (χ4v) is 6.51. The molecule has 1 aliphatic rings. The molecule has 0 bridgehead atoms. The van der Waals surface area contributed by atoms with Crippen molar-refractivity contribution in [3.63, 3.8) is 0 Å². The van der Waals surface area contributed by atoms with E-state index in [1.807, 2.05) is 38.1 Å². The van der Waals surface area contributed by atoms with Crippen LogP contribution in [0.3, 0.4) is 0 Å². The summed E-state index contributed by atoms with van der Waals surface area (Å²) in [7, 11) is -5.18. The molecule has 3 aromatic carbocycles. The lowest BCUT2D eigenvalue weighted by Crippen LogP contribution is -2.18. The van der Waals surface area contributed by atoms with Gasteiger partial charge in [0.15, 0.2) is 5.43 Å². The molecule has 9 heteroatoms. The van der Waals surface area contributed by atoms with Crippen LogP contribution in [-0.2, 0) is 10.5 Å². The number of nitriles is 1. The zero-order valence-corrected chi connectivity index (χ0v) is 23.0. The van der Waals surface area contributed by atoms with Crippen molar-refractivity contribution in [2.75, 3.05) is 0 Å². The summed E-state index contributed by atoms with van der Waals surface area (Å²) in [6.07, 6.45) is 5.30. The smallest absolute Gasteiger partial charge is 0.358 e. The van der Waals surface area contributed by atoms with Crippen LogP contribution in [0.4, 0.5) is 3.89 Å². The Kier molecular flexibility index (Phi) is 6.38. The third kappa shape index (κ3) is 4.52. The molecule has 2 heterocycles. The minimum atomic E-state index is -5.18. The molecule has 0 amide bonds. The Morgan fingerprint density at radius 1 is 1.05 bits per heavy atom. The van der Waals surface area contributed by atoms with Gasteiger partial charge in [-0.1, -0.05) is 55.2 Å². The standard InChI is InChI=1S/C31H28FN3O4S/c1-18(2)24-15-26-28(16-25(24)20-7-6-10-22(14-20)39-40(32,37)38)35(21-8-4-3-5-9-21)31-29(30(26)36)23-12-11-19(17-33)13-27(23)34-31/h6-7,10-16,18,21,34H,3-5,8-9H2,1-2H3. The molecule has 0 unspecified atom stereocenters. The van der Waals surface area contributed by atoms with Crippen molar-refractivity contribution in [2.24, 2.45) is 0 Å². The number of benzene rings is 3. The van der Waals surface area contributed by atoms with Crippen LogP contribution in [0.15, 0.2) is 59.4 Å². The molecule has 0 aliphatic heterocycles. The van der Waals surface area contributed by atoms with Crippen LogP contribution >= 0.6 is 0 Å². The summed E-state index contributed by atoms with van der Waals surface area (Å²) in [5.74, 6) is -0.0906. The zero-order valence-electron chi connectivity index (χ0n) is 22.2. The van der Waals surface area contributed by atoms with Crippen LogP contribution in [0.5, 0.6) is 5.75 Å². The highest BCUT2D eigenvalue weighted by Gasteiger charge is 2.25. The Hall–Kier alpha value is -4.16. The van der Waals surface area contributed by atoms with E-state index in [-0.39, 0.29) is 23.1 Å². The van der Waals surface area contributed by atoms with E-state index < -0.39 is 10.5 Å². The number of nitrogens with one attached hydrogen (secondary N) is 1. The molecular formula is C31H28FN3O4S. The second kappa shape index (κ2) is 9.79. The van der Waals surface area contributed by atoms with Crippen LogP contribution < -0.4 is 9.61 Å². The summed E-state index contributed by atoms with van der Waals surface area (Å²) in [5.41, 5.74) is 5.07. The number of aromatic amines is 1. The van der Waals surface area contributed by atoms with Crippen LogP contribution in [-0.4, -0.2) is 18.0 Å². The lowest BCUT2D eigenvalue weighted by Gasteiger charge is -2.28. The van der Waals surface area contributed by atoms with E-state index >= 15 is 0 Å². The second-order valence-electron chi connectivity index (χ2n) is 10.8. The van der Waals surface area contributed by atoms with Gasteiger partial charge in [-0.3, -0.25) is 4.79 Å². The third-order valence-corrected chi connectivity index (χ3v) is 8.34. The molecule has 1 saturated carbocycles. The van der Waals surface area contributed by atoms with Crippen molar-refractivity contribution in [3.05, 3.63) is 75.9 Å². The van der Waals surface area contributed by atoms with E-state index in [2.05, 4.69) is 19.8 Å². The first-order valence-corrected chi connectivity index (χ1v) is 14.8. The summed E-state index contributed by atoms with van der Waals surface area (Å²) in [4.78, 5) is 17.6. The minimum Gasteiger partial charge on any atom is -0.358 e. The maximum absolute atomic E-state index is 14.2. The fourth-order valence-electron chi connectivity index (χ4n) is 6.18. The first-order chi connectivity index (χ1) is 19.1. The maximum atomic E-state index is 14.2. The molecule has 1 aliphatic carbocycles. The largest absolute Gasteiger partial charge is 0.488 e. The highest BCUT2D eigenvalue weighted by atomic mass is 32.3. The van der Waals surface area contributed by atoms with Crippen molar-refractivity contribution in [1.29, 1.82) is 5.26 Å². The van der Waals surface area contributed by atoms with Gasteiger partial charge in [0, 0.05) is 22.3 Å². The number of hydrogen-bond donors (Lipinski definition) is 1. The quantitative estimate of drug-likeness (QED) is 0.227. The number of aromatic nitrogens is 2. The Bertz CT molecular complexity index is 2010. The van der Waals surface area contributed by atoms with Gasteiger partial charge in [-0.2, -0.15) is 13.7 Å². The summed E-state index contributed by atoms with van der Waals surface area (Å²) >= 11 is 0. The van der Waals surface area contributed by atoms with E-state index in [1.165, 1.54) is 18.6 Å². The van der Waals surface area contributed by atoms with Gasteiger partial charge in [0.25, 0.3) is 0 Å². The fraction of sp³-hybridized carbons (Fsp3) is 0.290. The van der Waals surface area contributed by atoms with E-state index in [9.17, 15) is 22.4 Å². The van der Waals surface area contributed by atoms with Crippen LogP contribution in [0.25, 0.3) is 44.0 Å². The van der Waals surface area contributed by atoms with Gasteiger partial charge in [0.05, 0.1) is 22.5 Å². The summed E-state index contributed by atoms with van der Waals surface area (Å²) in [6.45, 7) is 4.06. The molecule has 7 nitrogen and oxygen atoms in total. The van der Waals surface area contributed by atoms with E-state index in [4.69, 9.17) is 0 Å². The summed E-state index contributed by atoms with van der Waals surface area (Å²) < 4.78 is 42.4. The van der Waals surface area contributed by atoms with Crippen molar-refractivity contribution in [2.45, 2.75) is 57.9 Å². The zero-order chi connectivity index (χ0) is 28.2. The lowest BCUT2D eigenvalue weighted by atomic mass is 9.89. The Labute approximate surface area is 231 Å². The van der Waals surface area contributed by atoms with Crippen molar-refractivity contribution in [1.82, 2.24) is 9.55 Å². The van der Waals surface area contributed by atoms with Crippen molar-refractivity contribution >= 4 is 43.3 Å². The van der Waals surface area contributed by atoms with Crippen LogP contribution in [0.2, 0.25) is 0 Å². The van der Waals surface area contributed by atoms with Crippen LogP contribution in [0.1, 0.15) is 69.0 Å². The van der Waals surface area contributed by atoms with Gasteiger partial charge in [-0.05, 0) is 71.8 Å². The number of halogens is 1. The molecule has 0 atom stereocenters. The number of nitrogens with zero attached hydrogens (tertiary/aromatic N) is 2. The Balaban J connectivity index is 1.71. The highest BCUT2D eigenvalue weighted by molar-refractivity contribution is 7.81. The normalized spacial score (nSPS) is 14.8. The lowest BCUT2D eigenvalue weighted by molar-refractivity contribution is 0.365. The summed E-state index contributed by atoms with van der Waals surface area (Å²) in [5, 5.41) is 11.5. The Morgan fingerprint density at radius 3 is 2.52 bits per heavy atom. The number of hydrogen-bond acceptors (Lipinski definition) is 5. The monoisotopic (exact) mass is 557 g/mol. The highest BCUT2D eigenvalue weighted by Crippen LogP contribution is 2.39. The van der Waals surface area contributed by atoms with Crippen LogP contribution in [0, 0.1) is 11.3 Å². The molecule has 6 rings (SSSR count). The van der Waals surface area contributed by atoms with Gasteiger partial charge in [-0.25, -0.2) is 0 Å². The van der Waals surface area contributed by atoms with Crippen molar-refractivity contribution < 1.29 is 16.5 Å². The number of pyridine rings is 1. The average Bonchev–Trinajstić information content (AvgIpc) is 3.31. The Morgan fingerprint density at radius 2 is 1.82 bits per heavy atom. The van der Waals surface area contributed by atoms with Gasteiger partial charge < -0.3 is 13.7 Å². The number of H-pyrrole nitrogens is 1. The molecule has 0 spiro atoms. The maximum Gasteiger partial charge on any atom is 0.488 e. The molecule has 5 aromatic rings. The molecule has 1 fully saturated rings. The molecule has 40 heavy (non-hydrogen) atoms. The van der Waals surface area contributed by atoms with Gasteiger partial charge in [-0.15, -0.1) is 0 Å². The first-order valence-electron chi connectivity index (χ1n) is 13.5. The number of rotatable bonds is 5. The topological polar surface area (TPSA) is 105 Å². The van der Waals surface area contributed by atoms with Gasteiger partial charge >= 0.3 is 10.5 Å². The van der Waals surface area contributed by atoms with E-state index in [0.717, 1.165) is 58.9 Å². The molecule has 0 saturated heterocycles. The molecule has 2 aromatic heterocycles. The molecule has 1 N–H and O–H groups in total. The number of fused-ring (bicyclic) bond motifs is 4. The average molecular weight is 558 g/mol. The predicted octanol–water partition coefficient (Wildman–Crippen LogP) is 7.40. The SMILES string of the molecule is CC(C)c1cc2c(=O)c3c4ccc(C#N)cc4[nH]c3n(C3CCCCC3)c2cc1-c1cccc(OS(=O)(=O)F)c1. The molecule has 0 radical (unpaired) electrons. The van der Waals surface area contributed by atoms with Gasteiger partial charge in [0.1, 0.15) is 11.4 Å². The minimum absolute atomic E-state index is 0.0354. The summed E-state index contributed by atoms with van der Waals surface area (Å²) in [6, 6.07) is 18.0. The first kappa shape index (κ1) is 26.1. The molecule has 204 valence electrons. The van der Waals surface area contributed by atoms with Crippen molar-refractivity contribution in [3.8, 4) is 22.9 Å². The van der Waals surface area contributed by atoms with E-state index in [0.29, 0.717) is 21.9 Å². The molecular weight excluding hydrogens is 529 g/mol. The predicted molar refractivity (Wildman–Crippen MR) is 155 cm³/mol. The second-order valence-corrected chi connectivity index (χ2v) is 11.8. The van der Waals surface area contributed by atoms with Gasteiger partial charge in [0.2, 0.25) is 0 Å². The third-order valence-electron chi connectivity index (χ3n) is 7.95. The van der Waals surface area contributed by atoms with E-state index in [1.54, 1.807) is 18.2 Å².